The minimum atomic E-state index is 0.000722. The molecule has 0 aromatic heterocycles. The maximum atomic E-state index is 6.34. The van der Waals surface area contributed by atoms with Gasteiger partial charge in [-0.25, -0.2) is 0 Å². The molecule has 0 amide bonds. The average molecular weight is 329 g/mol. The minimum absolute atomic E-state index is 0.000722. The molecule has 2 N–H and O–H groups in total. The minimum Gasteiger partial charge on any atom is -0.398 e. The van der Waals surface area contributed by atoms with E-state index >= 15 is 0 Å². The van der Waals surface area contributed by atoms with E-state index in [1.807, 2.05) is 0 Å². The quantitative estimate of drug-likeness (QED) is 0.834. The van der Waals surface area contributed by atoms with Crippen molar-refractivity contribution in [3.05, 3.63) is 35.4 Å². The molecule has 2 aliphatic rings. The second-order valence-electron chi connectivity index (χ2n) is 8.56. The zero-order chi connectivity index (χ0) is 17.4. The van der Waals surface area contributed by atoms with Gasteiger partial charge in [-0.05, 0) is 61.8 Å². The number of allylic oxidation sites excluding steroid dienone is 2. The van der Waals surface area contributed by atoms with Crippen LogP contribution in [-0.2, 0) is 10.3 Å². The molecule has 3 heteroatoms. The van der Waals surface area contributed by atoms with Gasteiger partial charge in [0.25, 0.3) is 0 Å². The third kappa shape index (κ3) is 3.52. The molecule has 3 rings (SSSR count). The predicted octanol–water partition coefficient (Wildman–Crippen LogP) is 4.43. The van der Waals surface area contributed by atoms with Crippen molar-refractivity contribution in [3.8, 4) is 0 Å². The first-order valence-electron chi connectivity index (χ1n) is 9.22. The second-order valence-corrected chi connectivity index (χ2v) is 8.56. The van der Waals surface area contributed by atoms with E-state index in [0.29, 0.717) is 5.41 Å². The maximum absolute atomic E-state index is 6.34. The van der Waals surface area contributed by atoms with E-state index in [0.717, 1.165) is 44.8 Å². The number of hydrogen-bond acceptors (Lipinski definition) is 3. The van der Waals surface area contributed by atoms with Gasteiger partial charge in [0, 0.05) is 29.9 Å². The summed E-state index contributed by atoms with van der Waals surface area (Å²) in [7, 11) is 0. The summed E-state index contributed by atoms with van der Waals surface area (Å²) in [5.41, 5.74) is 11.7. The number of nitrogens with zero attached hydrogens (tertiary/aromatic N) is 1. The predicted molar refractivity (Wildman–Crippen MR) is 102 cm³/mol. The Balaban J connectivity index is 1.90. The molecular weight excluding hydrogens is 296 g/mol. The standard InChI is InChI=1S/C21H32N2O/c1-20(2)9-7-16(8-10-20)18-15-17(5-6-19(18)22)21(3,4)23-11-13-24-14-12-23/h5-7,15H,8-14,22H2,1-4H3. The van der Waals surface area contributed by atoms with Crippen LogP contribution in [0.15, 0.2) is 24.3 Å². The molecular formula is C21H32N2O. The third-order valence-corrected chi connectivity index (χ3v) is 5.88. The number of ether oxygens (including phenoxy) is 1. The van der Waals surface area contributed by atoms with E-state index in [9.17, 15) is 0 Å². The van der Waals surface area contributed by atoms with Gasteiger partial charge in [0.05, 0.1) is 13.2 Å². The number of anilines is 1. The lowest BCUT2D eigenvalue weighted by molar-refractivity contribution is -0.0118. The van der Waals surface area contributed by atoms with Crippen LogP contribution in [0, 0.1) is 5.41 Å². The lowest BCUT2D eigenvalue weighted by atomic mass is 9.76. The van der Waals surface area contributed by atoms with E-state index < -0.39 is 0 Å². The highest BCUT2D eigenvalue weighted by atomic mass is 16.5. The van der Waals surface area contributed by atoms with E-state index in [4.69, 9.17) is 10.5 Å². The molecule has 3 nitrogen and oxygen atoms in total. The van der Waals surface area contributed by atoms with E-state index in [-0.39, 0.29) is 5.54 Å². The van der Waals surface area contributed by atoms with E-state index in [1.165, 1.54) is 23.1 Å². The maximum Gasteiger partial charge on any atom is 0.0594 e. The number of nitrogens with two attached hydrogens (primary N) is 1. The fourth-order valence-corrected chi connectivity index (χ4v) is 3.84. The van der Waals surface area contributed by atoms with Gasteiger partial charge in [-0.15, -0.1) is 0 Å². The van der Waals surface area contributed by atoms with Crippen LogP contribution in [0.3, 0.4) is 0 Å². The first-order chi connectivity index (χ1) is 11.3. The van der Waals surface area contributed by atoms with Crippen LogP contribution in [0.4, 0.5) is 5.69 Å². The Kier molecular flexibility index (Phi) is 4.76. The van der Waals surface area contributed by atoms with Crippen molar-refractivity contribution in [1.82, 2.24) is 4.90 Å². The van der Waals surface area contributed by atoms with Crippen molar-refractivity contribution in [3.63, 3.8) is 0 Å². The monoisotopic (exact) mass is 328 g/mol. The summed E-state index contributed by atoms with van der Waals surface area (Å²) in [6, 6.07) is 6.62. The number of nitrogen functional groups attached to an aromatic ring is 1. The highest BCUT2D eigenvalue weighted by Crippen LogP contribution is 2.40. The number of morpholine rings is 1. The molecule has 1 aromatic carbocycles. The molecule has 1 heterocycles. The number of benzene rings is 1. The summed E-state index contributed by atoms with van der Waals surface area (Å²) in [4.78, 5) is 2.52. The van der Waals surface area contributed by atoms with Crippen LogP contribution < -0.4 is 5.73 Å². The topological polar surface area (TPSA) is 38.5 Å². The summed E-state index contributed by atoms with van der Waals surface area (Å²) < 4.78 is 5.52. The van der Waals surface area contributed by atoms with Gasteiger partial charge in [0.2, 0.25) is 0 Å². The molecule has 0 spiro atoms. The van der Waals surface area contributed by atoms with Crippen molar-refractivity contribution >= 4 is 11.3 Å². The van der Waals surface area contributed by atoms with Crippen LogP contribution in [0.25, 0.3) is 5.57 Å². The molecule has 1 aliphatic carbocycles. The van der Waals surface area contributed by atoms with Crippen molar-refractivity contribution in [2.24, 2.45) is 5.41 Å². The first kappa shape index (κ1) is 17.5. The van der Waals surface area contributed by atoms with Crippen molar-refractivity contribution in [2.75, 3.05) is 32.0 Å². The zero-order valence-corrected chi connectivity index (χ0v) is 15.7. The zero-order valence-electron chi connectivity index (χ0n) is 15.7. The molecule has 1 saturated heterocycles. The summed E-state index contributed by atoms with van der Waals surface area (Å²) in [6.07, 6.45) is 5.90. The highest BCUT2D eigenvalue weighted by Gasteiger charge is 2.31. The van der Waals surface area contributed by atoms with Crippen LogP contribution >= 0.6 is 0 Å². The summed E-state index contributed by atoms with van der Waals surface area (Å²) >= 11 is 0. The van der Waals surface area contributed by atoms with Crippen LogP contribution in [0.1, 0.15) is 58.1 Å². The Bertz CT molecular complexity index is 625. The Labute approximate surface area is 146 Å². The molecule has 0 atom stereocenters. The molecule has 1 aromatic rings. The molecule has 0 saturated carbocycles. The van der Waals surface area contributed by atoms with Gasteiger partial charge in [0.15, 0.2) is 0 Å². The van der Waals surface area contributed by atoms with Gasteiger partial charge in [-0.3, -0.25) is 4.90 Å². The lowest BCUT2D eigenvalue weighted by Gasteiger charge is -2.41. The summed E-state index contributed by atoms with van der Waals surface area (Å²) in [5, 5.41) is 0. The Morgan fingerprint density at radius 2 is 1.88 bits per heavy atom. The SMILES string of the molecule is CC1(C)CC=C(c2cc(C(C)(C)N3CCOCC3)ccc2N)CC1. The third-order valence-electron chi connectivity index (χ3n) is 5.88. The summed E-state index contributed by atoms with van der Waals surface area (Å²) in [5.74, 6) is 0. The molecule has 0 radical (unpaired) electrons. The van der Waals surface area contributed by atoms with Crippen LogP contribution in [0.5, 0.6) is 0 Å². The Morgan fingerprint density at radius 1 is 1.17 bits per heavy atom. The average Bonchev–Trinajstić information content (AvgIpc) is 2.56. The fraction of sp³-hybridized carbons (Fsp3) is 0.619. The van der Waals surface area contributed by atoms with Crippen molar-refractivity contribution < 1.29 is 4.74 Å². The van der Waals surface area contributed by atoms with E-state index in [2.05, 4.69) is 56.9 Å². The molecule has 132 valence electrons. The van der Waals surface area contributed by atoms with Gasteiger partial charge in [0.1, 0.15) is 0 Å². The highest BCUT2D eigenvalue weighted by molar-refractivity contribution is 5.76. The van der Waals surface area contributed by atoms with Crippen LogP contribution in [0.2, 0.25) is 0 Å². The number of rotatable bonds is 3. The van der Waals surface area contributed by atoms with E-state index in [1.54, 1.807) is 0 Å². The molecule has 1 fully saturated rings. The second kappa shape index (κ2) is 6.53. The molecule has 0 unspecified atom stereocenters. The fourth-order valence-electron chi connectivity index (χ4n) is 3.84. The summed E-state index contributed by atoms with van der Waals surface area (Å²) in [6.45, 7) is 12.9. The smallest absolute Gasteiger partial charge is 0.0594 e. The van der Waals surface area contributed by atoms with Gasteiger partial charge < -0.3 is 10.5 Å². The van der Waals surface area contributed by atoms with Crippen LogP contribution in [-0.4, -0.2) is 31.2 Å². The molecule has 24 heavy (non-hydrogen) atoms. The number of hydrogen-bond donors (Lipinski definition) is 1. The largest absolute Gasteiger partial charge is 0.398 e. The Morgan fingerprint density at radius 3 is 2.50 bits per heavy atom. The van der Waals surface area contributed by atoms with Gasteiger partial charge in [-0.2, -0.15) is 0 Å². The molecule has 0 bridgehead atoms. The normalized spacial score (nSPS) is 22.2. The Hall–Kier alpha value is -1.32. The van der Waals surface area contributed by atoms with Gasteiger partial charge >= 0.3 is 0 Å². The van der Waals surface area contributed by atoms with Crippen molar-refractivity contribution in [1.29, 1.82) is 0 Å². The first-order valence-corrected chi connectivity index (χ1v) is 9.22. The van der Waals surface area contributed by atoms with Gasteiger partial charge in [-0.1, -0.05) is 26.0 Å². The molecule has 1 aliphatic heterocycles. The van der Waals surface area contributed by atoms with Crippen molar-refractivity contribution in [2.45, 2.75) is 52.5 Å². The lowest BCUT2D eigenvalue weighted by Crippen LogP contribution is -2.48.